The fourth-order valence-corrected chi connectivity index (χ4v) is 3.82. The van der Waals surface area contributed by atoms with Crippen LogP contribution < -0.4 is 0 Å². The normalized spacial score (nSPS) is 14.8. The molecule has 0 spiro atoms. The van der Waals surface area contributed by atoms with E-state index in [1.54, 1.807) is 0 Å². The average molecular weight is 726 g/mol. The molecule has 0 unspecified atom stereocenters. The van der Waals surface area contributed by atoms with Crippen LogP contribution in [0.1, 0.15) is 22.3 Å². The van der Waals surface area contributed by atoms with Crippen molar-refractivity contribution in [3.63, 3.8) is 0 Å². The topological polar surface area (TPSA) is 173 Å². The van der Waals surface area contributed by atoms with Crippen LogP contribution in [0.25, 0.3) is 0 Å². The predicted molar refractivity (Wildman–Crippen MR) is 105 cm³/mol. The van der Waals surface area contributed by atoms with Crippen LogP contribution in [-0.2, 0) is 83.6 Å². The Morgan fingerprint density at radius 3 is 0.643 bits per heavy atom. The number of halogens is 12. The van der Waals surface area contributed by atoms with E-state index in [0.717, 1.165) is 0 Å². The molecule has 0 heterocycles. The second-order valence-electron chi connectivity index (χ2n) is 7.04. The zero-order chi connectivity index (χ0) is 33.4. The standard InChI is InChI=1S/C14H10F12O12S4/c15-11(16,17)39(27,28)35-3-7-1-8(4-36-40(29,30)12(18,19)20)10(6-38-42(33,34)14(24,25)26)2-9(7)5-37-41(31,32)13(21,22)23/h1-2H,3-6H2. The van der Waals surface area contributed by atoms with Crippen molar-refractivity contribution in [2.24, 2.45) is 0 Å². The molecule has 42 heavy (non-hydrogen) atoms. The second-order valence-corrected chi connectivity index (χ2v) is 13.5. The highest BCUT2D eigenvalue weighted by molar-refractivity contribution is 7.88. The van der Waals surface area contributed by atoms with E-state index >= 15 is 0 Å². The number of hydrogen-bond donors (Lipinski definition) is 0. The van der Waals surface area contributed by atoms with E-state index in [-0.39, 0.29) is 12.1 Å². The molecule has 0 saturated carbocycles. The van der Waals surface area contributed by atoms with Gasteiger partial charge in [0.15, 0.2) is 0 Å². The van der Waals surface area contributed by atoms with Gasteiger partial charge in [-0.25, -0.2) is 0 Å². The highest BCUT2D eigenvalue weighted by Gasteiger charge is 2.50. The van der Waals surface area contributed by atoms with Gasteiger partial charge in [-0.05, 0) is 22.3 Å². The van der Waals surface area contributed by atoms with E-state index in [2.05, 4.69) is 16.7 Å². The van der Waals surface area contributed by atoms with E-state index in [4.69, 9.17) is 0 Å². The summed E-state index contributed by atoms with van der Waals surface area (Å²) in [5.74, 6) is 0. The minimum absolute atomic E-state index is 0.0651. The molecule has 0 aromatic heterocycles. The summed E-state index contributed by atoms with van der Waals surface area (Å²) >= 11 is 0. The maximum absolute atomic E-state index is 12.6. The van der Waals surface area contributed by atoms with Gasteiger partial charge in [0.1, 0.15) is 0 Å². The summed E-state index contributed by atoms with van der Waals surface area (Å²) in [6.07, 6.45) is 0. The van der Waals surface area contributed by atoms with Gasteiger partial charge in [-0.3, -0.25) is 16.7 Å². The molecule has 0 N–H and O–H groups in total. The molecule has 0 aliphatic carbocycles. The minimum atomic E-state index is -6.55. The molecule has 0 fully saturated rings. The Labute approximate surface area is 226 Å². The lowest BCUT2D eigenvalue weighted by atomic mass is 9.99. The summed E-state index contributed by atoms with van der Waals surface area (Å²) in [4.78, 5) is 0. The largest absolute Gasteiger partial charge is 0.523 e. The van der Waals surface area contributed by atoms with Crippen molar-refractivity contribution in [1.29, 1.82) is 0 Å². The van der Waals surface area contributed by atoms with E-state index < -0.39 is 111 Å². The quantitative estimate of drug-likeness (QED) is 0.175. The zero-order valence-corrected chi connectivity index (χ0v) is 22.3. The zero-order valence-electron chi connectivity index (χ0n) is 19.1. The number of rotatable bonds is 12. The van der Waals surface area contributed by atoms with Crippen molar-refractivity contribution >= 4 is 40.5 Å². The molecule has 1 aromatic rings. The molecule has 0 radical (unpaired) electrons. The fraction of sp³-hybridized carbons (Fsp3) is 0.571. The molecule has 0 amide bonds. The lowest BCUT2D eigenvalue weighted by Gasteiger charge is -2.18. The monoisotopic (exact) mass is 726 g/mol. The lowest BCUT2D eigenvalue weighted by Crippen LogP contribution is -2.27. The minimum Gasteiger partial charge on any atom is -0.258 e. The van der Waals surface area contributed by atoms with Crippen molar-refractivity contribution in [1.82, 2.24) is 0 Å². The molecule has 0 atom stereocenters. The third-order valence-corrected chi connectivity index (χ3v) is 8.11. The van der Waals surface area contributed by atoms with Gasteiger partial charge >= 0.3 is 62.5 Å². The Kier molecular flexibility index (Phi) is 11.0. The van der Waals surface area contributed by atoms with Crippen molar-refractivity contribution in [3.05, 3.63) is 34.4 Å². The number of hydrogen-bond acceptors (Lipinski definition) is 12. The maximum Gasteiger partial charge on any atom is 0.523 e. The third-order valence-electron chi connectivity index (χ3n) is 4.13. The summed E-state index contributed by atoms with van der Waals surface area (Å²) in [6.45, 7) is -7.80. The molecule has 0 aliphatic rings. The van der Waals surface area contributed by atoms with Crippen LogP contribution in [-0.4, -0.2) is 55.7 Å². The second kappa shape index (κ2) is 12.2. The van der Waals surface area contributed by atoms with Crippen molar-refractivity contribution < 1.29 is 103 Å². The Morgan fingerprint density at radius 1 is 0.381 bits per heavy atom. The first-order chi connectivity index (χ1) is 18.3. The van der Waals surface area contributed by atoms with Crippen LogP contribution in [0.2, 0.25) is 0 Å². The molecule has 1 rings (SSSR count). The Morgan fingerprint density at radius 2 is 0.524 bits per heavy atom. The van der Waals surface area contributed by atoms with Crippen molar-refractivity contribution in [2.75, 3.05) is 0 Å². The van der Waals surface area contributed by atoms with Gasteiger partial charge in [0.25, 0.3) is 0 Å². The highest BCUT2D eigenvalue weighted by atomic mass is 32.2. The summed E-state index contributed by atoms with van der Waals surface area (Å²) < 4.78 is 255. The third kappa shape index (κ3) is 9.51. The molecular formula is C14H10F12O12S4. The summed E-state index contributed by atoms with van der Waals surface area (Å²) in [5, 5.41) is 0. The van der Waals surface area contributed by atoms with Gasteiger partial charge in [0, 0.05) is 0 Å². The first kappa shape index (κ1) is 38.0. The summed E-state index contributed by atoms with van der Waals surface area (Å²) in [7, 11) is -26.2. The Bertz CT molecular complexity index is 1340. The van der Waals surface area contributed by atoms with Gasteiger partial charge in [-0.15, -0.1) is 0 Å². The number of benzene rings is 1. The Hall–Kier alpha value is -1.98. The fourth-order valence-electron chi connectivity index (χ4n) is 2.16. The molecule has 0 bridgehead atoms. The van der Waals surface area contributed by atoms with E-state index in [1.165, 1.54) is 0 Å². The van der Waals surface area contributed by atoms with Crippen molar-refractivity contribution in [2.45, 2.75) is 48.5 Å². The highest BCUT2D eigenvalue weighted by Crippen LogP contribution is 2.32. The van der Waals surface area contributed by atoms with E-state index in [0.29, 0.717) is 0 Å². The first-order valence-corrected chi connectivity index (χ1v) is 14.9. The molecule has 1 aromatic carbocycles. The first-order valence-electron chi connectivity index (χ1n) is 9.31. The molecule has 12 nitrogen and oxygen atoms in total. The van der Waals surface area contributed by atoms with Gasteiger partial charge < -0.3 is 0 Å². The number of alkyl halides is 12. The van der Waals surface area contributed by atoms with Gasteiger partial charge in [0.05, 0.1) is 26.4 Å². The van der Waals surface area contributed by atoms with E-state index in [9.17, 15) is 86.4 Å². The smallest absolute Gasteiger partial charge is 0.258 e. The van der Waals surface area contributed by atoms with Crippen LogP contribution in [0.5, 0.6) is 0 Å². The van der Waals surface area contributed by atoms with Crippen LogP contribution in [0.4, 0.5) is 52.7 Å². The van der Waals surface area contributed by atoms with Crippen LogP contribution >= 0.6 is 0 Å². The van der Waals surface area contributed by atoms with Gasteiger partial charge in [-0.2, -0.15) is 86.4 Å². The van der Waals surface area contributed by atoms with Gasteiger partial charge in [-0.1, -0.05) is 12.1 Å². The van der Waals surface area contributed by atoms with Crippen LogP contribution in [0.3, 0.4) is 0 Å². The summed E-state index contributed by atoms with van der Waals surface area (Å²) in [5.41, 5.74) is -29.5. The molecular weight excluding hydrogens is 716 g/mol. The molecule has 28 heteroatoms. The Balaban J connectivity index is 3.78. The SMILES string of the molecule is O=S(=O)(OCc1cc(COS(=O)(=O)C(F)(F)F)c(COS(=O)(=O)C(F)(F)F)cc1COS(=O)(=O)C(F)(F)F)C(F)(F)F. The molecule has 246 valence electrons. The summed E-state index contributed by atoms with van der Waals surface area (Å²) in [6, 6.07) is 0.130. The molecule has 0 saturated heterocycles. The van der Waals surface area contributed by atoms with Crippen LogP contribution in [0, 0.1) is 0 Å². The molecule has 0 aliphatic heterocycles. The van der Waals surface area contributed by atoms with Crippen molar-refractivity contribution in [3.8, 4) is 0 Å². The predicted octanol–water partition coefficient (Wildman–Crippen LogP) is 3.15. The van der Waals surface area contributed by atoms with Crippen LogP contribution in [0.15, 0.2) is 12.1 Å². The average Bonchev–Trinajstić information content (AvgIpc) is 2.76. The van der Waals surface area contributed by atoms with Gasteiger partial charge in [0.2, 0.25) is 0 Å². The lowest BCUT2D eigenvalue weighted by molar-refractivity contribution is -0.0558. The maximum atomic E-state index is 12.6. The van der Waals surface area contributed by atoms with E-state index in [1.807, 2.05) is 0 Å².